The maximum atomic E-state index is 12.2. The van der Waals surface area contributed by atoms with E-state index in [-0.39, 0.29) is 17.9 Å². The number of pyridine rings is 1. The van der Waals surface area contributed by atoms with Crippen LogP contribution in [-0.2, 0) is 0 Å². The lowest BCUT2D eigenvalue weighted by Crippen LogP contribution is -2.30. The summed E-state index contributed by atoms with van der Waals surface area (Å²) in [6.45, 7) is 3.03. The first-order valence-electron chi connectivity index (χ1n) is 5.66. The van der Waals surface area contributed by atoms with Gasteiger partial charge in [-0.2, -0.15) is 0 Å². The lowest BCUT2D eigenvalue weighted by atomic mass is 10.0. The molecule has 2 rings (SSSR count). The zero-order chi connectivity index (χ0) is 12.4. The molecule has 1 aromatic rings. The van der Waals surface area contributed by atoms with Crippen molar-refractivity contribution in [3.63, 3.8) is 0 Å². The van der Waals surface area contributed by atoms with Gasteiger partial charge in [-0.3, -0.25) is 9.78 Å². The normalized spacial score (nSPS) is 21.6. The molecule has 0 bridgehead atoms. The van der Waals surface area contributed by atoms with Crippen LogP contribution in [0, 0.1) is 5.92 Å². The van der Waals surface area contributed by atoms with Gasteiger partial charge in [0.2, 0.25) is 0 Å². The van der Waals surface area contributed by atoms with Crippen molar-refractivity contribution in [1.82, 2.24) is 9.88 Å². The average Bonchev–Trinajstić information content (AvgIpc) is 2.78. The number of amides is 1. The topological polar surface area (TPSA) is 53.4 Å². The Bertz CT molecular complexity index is 423. The molecule has 0 aromatic carbocycles. The third-order valence-electron chi connectivity index (χ3n) is 3.20. The van der Waals surface area contributed by atoms with E-state index in [1.165, 1.54) is 6.20 Å². The van der Waals surface area contributed by atoms with Crippen LogP contribution in [0.5, 0.6) is 0 Å². The molecule has 0 saturated carbocycles. The summed E-state index contributed by atoms with van der Waals surface area (Å²) in [5, 5.41) is 9.88. The van der Waals surface area contributed by atoms with Gasteiger partial charge in [-0.25, -0.2) is 0 Å². The summed E-state index contributed by atoms with van der Waals surface area (Å²) in [6.07, 6.45) is 3.49. The molecule has 1 aliphatic rings. The van der Waals surface area contributed by atoms with E-state index in [4.69, 9.17) is 11.6 Å². The second-order valence-corrected chi connectivity index (χ2v) is 4.80. The molecule has 0 spiro atoms. The molecular weight excluding hydrogens is 240 g/mol. The highest BCUT2D eigenvalue weighted by molar-refractivity contribution is 6.33. The molecule has 17 heavy (non-hydrogen) atoms. The first-order valence-corrected chi connectivity index (χ1v) is 6.04. The van der Waals surface area contributed by atoms with Gasteiger partial charge < -0.3 is 10.0 Å². The number of aromatic nitrogens is 1. The molecule has 1 fully saturated rings. The van der Waals surface area contributed by atoms with E-state index in [0.29, 0.717) is 23.7 Å². The molecule has 1 amide bonds. The summed E-state index contributed by atoms with van der Waals surface area (Å²) < 4.78 is 0. The van der Waals surface area contributed by atoms with E-state index in [9.17, 15) is 9.90 Å². The van der Waals surface area contributed by atoms with Crippen LogP contribution in [0.4, 0.5) is 0 Å². The van der Waals surface area contributed by atoms with Crippen molar-refractivity contribution in [3.8, 4) is 0 Å². The molecule has 5 heteroatoms. The van der Waals surface area contributed by atoms with Crippen LogP contribution in [-0.4, -0.2) is 40.1 Å². The maximum absolute atomic E-state index is 12.2. The predicted octanol–water partition coefficient (Wildman–Crippen LogP) is 1.58. The minimum atomic E-state index is -0.374. The highest BCUT2D eigenvalue weighted by Gasteiger charge is 2.30. The van der Waals surface area contributed by atoms with Crippen LogP contribution in [0.2, 0.25) is 5.02 Å². The van der Waals surface area contributed by atoms with E-state index >= 15 is 0 Å². The summed E-state index contributed by atoms with van der Waals surface area (Å²) in [5.74, 6) is 0.0834. The van der Waals surface area contributed by atoms with E-state index in [1.807, 2.05) is 0 Å². The number of halogens is 1. The van der Waals surface area contributed by atoms with Crippen molar-refractivity contribution in [1.29, 1.82) is 0 Å². The average molecular weight is 255 g/mol. The minimum absolute atomic E-state index is 0.0828. The van der Waals surface area contributed by atoms with Gasteiger partial charge in [0.25, 0.3) is 5.91 Å². The summed E-state index contributed by atoms with van der Waals surface area (Å²) in [7, 11) is 0. The molecule has 2 heterocycles. The van der Waals surface area contributed by atoms with Crippen LogP contribution < -0.4 is 0 Å². The largest absolute Gasteiger partial charge is 0.393 e. The number of hydrogen-bond donors (Lipinski definition) is 1. The van der Waals surface area contributed by atoms with Gasteiger partial charge in [-0.1, -0.05) is 11.6 Å². The van der Waals surface area contributed by atoms with Crippen LogP contribution in [0.25, 0.3) is 0 Å². The van der Waals surface area contributed by atoms with Gasteiger partial charge in [0.15, 0.2) is 0 Å². The summed E-state index contributed by atoms with van der Waals surface area (Å²) in [6, 6.07) is 1.63. The van der Waals surface area contributed by atoms with Gasteiger partial charge in [-0.15, -0.1) is 0 Å². The van der Waals surface area contributed by atoms with Crippen LogP contribution in [0.1, 0.15) is 23.7 Å². The van der Waals surface area contributed by atoms with Crippen molar-refractivity contribution in [2.24, 2.45) is 5.92 Å². The second kappa shape index (κ2) is 5.02. The summed E-state index contributed by atoms with van der Waals surface area (Å²) in [5.41, 5.74) is 0.480. The maximum Gasteiger partial charge on any atom is 0.255 e. The van der Waals surface area contributed by atoms with Gasteiger partial charge in [0.1, 0.15) is 0 Å². The van der Waals surface area contributed by atoms with Crippen LogP contribution in [0.15, 0.2) is 18.5 Å². The number of hydrogen-bond acceptors (Lipinski definition) is 3. The smallest absolute Gasteiger partial charge is 0.255 e. The molecule has 2 atom stereocenters. The highest BCUT2D eigenvalue weighted by atomic mass is 35.5. The first-order chi connectivity index (χ1) is 8.09. The van der Waals surface area contributed by atoms with Crippen molar-refractivity contribution < 1.29 is 9.90 Å². The van der Waals surface area contributed by atoms with Gasteiger partial charge in [0.05, 0.1) is 16.7 Å². The SMILES string of the molecule is CC(O)C1CCN(C(=O)c2ccncc2Cl)C1. The molecule has 1 aliphatic heterocycles. The van der Waals surface area contributed by atoms with Crippen molar-refractivity contribution in [3.05, 3.63) is 29.0 Å². The zero-order valence-corrected chi connectivity index (χ0v) is 10.4. The number of carbonyl (C=O) groups excluding carboxylic acids is 1. The van der Waals surface area contributed by atoms with E-state index in [1.54, 1.807) is 24.1 Å². The second-order valence-electron chi connectivity index (χ2n) is 4.40. The Hall–Kier alpha value is -1.13. The molecular formula is C12H15ClN2O2. The van der Waals surface area contributed by atoms with Gasteiger partial charge in [-0.05, 0) is 19.4 Å². The molecule has 1 saturated heterocycles. The molecule has 4 nitrogen and oxygen atoms in total. The minimum Gasteiger partial charge on any atom is -0.393 e. The molecule has 92 valence electrons. The third-order valence-corrected chi connectivity index (χ3v) is 3.50. The number of likely N-dealkylation sites (tertiary alicyclic amines) is 1. The molecule has 0 radical (unpaired) electrons. The number of aliphatic hydroxyl groups is 1. The molecule has 1 N–H and O–H groups in total. The fraction of sp³-hybridized carbons (Fsp3) is 0.500. The van der Waals surface area contributed by atoms with Crippen LogP contribution >= 0.6 is 11.6 Å². The monoisotopic (exact) mass is 254 g/mol. The van der Waals surface area contributed by atoms with Crippen LogP contribution in [0.3, 0.4) is 0 Å². The standard InChI is InChI=1S/C12H15ClN2O2/c1-8(16)9-3-5-15(7-9)12(17)10-2-4-14-6-11(10)13/h2,4,6,8-9,16H,3,5,7H2,1H3. The Balaban J connectivity index is 2.10. The Labute approximate surface area is 105 Å². The third kappa shape index (κ3) is 2.58. The van der Waals surface area contributed by atoms with Gasteiger partial charge in [0, 0.05) is 31.4 Å². The van der Waals surface area contributed by atoms with E-state index < -0.39 is 0 Å². The van der Waals surface area contributed by atoms with E-state index in [2.05, 4.69) is 4.98 Å². The van der Waals surface area contributed by atoms with Crippen molar-refractivity contribution >= 4 is 17.5 Å². The number of rotatable bonds is 2. The number of aliphatic hydroxyl groups excluding tert-OH is 1. The van der Waals surface area contributed by atoms with Crippen molar-refractivity contribution in [2.45, 2.75) is 19.4 Å². The van der Waals surface area contributed by atoms with Crippen molar-refractivity contribution in [2.75, 3.05) is 13.1 Å². The Morgan fingerprint density at radius 1 is 1.71 bits per heavy atom. The number of carbonyl (C=O) groups is 1. The van der Waals surface area contributed by atoms with E-state index in [0.717, 1.165) is 6.42 Å². The first kappa shape index (κ1) is 12.3. The Morgan fingerprint density at radius 2 is 2.47 bits per heavy atom. The quantitative estimate of drug-likeness (QED) is 0.872. The predicted molar refractivity (Wildman–Crippen MR) is 64.9 cm³/mol. The number of nitrogens with zero attached hydrogens (tertiary/aromatic N) is 2. The molecule has 0 aliphatic carbocycles. The fourth-order valence-corrected chi connectivity index (χ4v) is 2.28. The molecule has 2 unspecified atom stereocenters. The highest BCUT2D eigenvalue weighted by Crippen LogP contribution is 2.23. The lowest BCUT2D eigenvalue weighted by Gasteiger charge is -2.18. The summed E-state index contributed by atoms with van der Waals surface area (Å²) >= 11 is 5.94. The lowest BCUT2D eigenvalue weighted by molar-refractivity contribution is 0.0762. The van der Waals surface area contributed by atoms with Gasteiger partial charge >= 0.3 is 0 Å². The summed E-state index contributed by atoms with van der Waals surface area (Å²) in [4.78, 5) is 17.8. The molecule has 1 aromatic heterocycles. The zero-order valence-electron chi connectivity index (χ0n) is 9.64. The Kier molecular flexibility index (Phi) is 3.64. The fourth-order valence-electron chi connectivity index (χ4n) is 2.08. The Morgan fingerprint density at radius 3 is 3.06 bits per heavy atom.